The minimum absolute atomic E-state index is 0.0757. The van der Waals surface area contributed by atoms with Crippen molar-refractivity contribution in [1.29, 1.82) is 0 Å². The van der Waals surface area contributed by atoms with Gasteiger partial charge in [-0.3, -0.25) is 14.9 Å². The van der Waals surface area contributed by atoms with Gasteiger partial charge in [0.05, 0.1) is 11.6 Å². The molecule has 2 rings (SSSR count). The van der Waals surface area contributed by atoms with E-state index in [4.69, 9.17) is 17.0 Å². The van der Waals surface area contributed by atoms with Gasteiger partial charge in [-0.05, 0) is 70.5 Å². The van der Waals surface area contributed by atoms with Crippen LogP contribution < -0.4 is 15.4 Å². The zero-order valence-corrected chi connectivity index (χ0v) is 18.3. The molecule has 0 heterocycles. The molecular weight excluding hydrogens is 442 g/mol. The van der Waals surface area contributed by atoms with Crippen LogP contribution in [0.5, 0.6) is 5.75 Å². The van der Waals surface area contributed by atoms with Crippen LogP contribution in [0.15, 0.2) is 46.9 Å². The Labute approximate surface area is 178 Å². The van der Waals surface area contributed by atoms with Crippen molar-refractivity contribution < 1.29 is 14.3 Å². The normalized spacial score (nSPS) is 10.1. The maximum Gasteiger partial charge on any atom is 0.257 e. The minimum Gasteiger partial charge on any atom is -0.496 e. The van der Waals surface area contributed by atoms with Gasteiger partial charge in [-0.1, -0.05) is 12.1 Å². The van der Waals surface area contributed by atoms with Gasteiger partial charge < -0.3 is 15.0 Å². The van der Waals surface area contributed by atoms with Gasteiger partial charge in [0.15, 0.2) is 5.11 Å². The lowest BCUT2D eigenvalue weighted by atomic mass is 10.1. The molecule has 0 aliphatic heterocycles. The quantitative estimate of drug-likeness (QED) is 0.640. The molecule has 28 heavy (non-hydrogen) atoms. The second-order valence-corrected chi connectivity index (χ2v) is 7.51. The molecule has 0 spiro atoms. The number of thiocarbonyl (C=S) groups is 1. The second-order valence-electron chi connectivity index (χ2n) is 6.25. The summed E-state index contributed by atoms with van der Waals surface area (Å²) < 4.78 is 5.84. The van der Waals surface area contributed by atoms with E-state index in [9.17, 15) is 9.59 Å². The number of anilines is 1. The summed E-state index contributed by atoms with van der Waals surface area (Å²) in [5.74, 6) is 0.391. The monoisotopic (exact) mass is 463 g/mol. The first-order valence-electron chi connectivity index (χ1n) is 8.55. The Balaban J connectivity index is 1.95. The fourth-order valence-corrected chi connectivity index (χ4v) is 3.18. The van der Waals surface area contributed by atoms with E-state index in [1.807, 2.05) is 24.3 Å². The third-order valence-corrected chi connectivity index (χ3v) is 4.78. The zero-order valence-electron chi connectivity index (χ0n) is 15.9. The Morgan fingerprint density at radius 1 is 1.18 bits per heavy atom. The molecule has 0 atom stereocenters. The van der Waals surface area contributed by atoms with Crippen LogP contribution in [0.4, 0.5) is 5.69 Å². The first-order valence-corrected chi connectivity index (χ1v) is 9.75. The third-order valence-electron chi connectivity index (χ3n) is 3.95. The van der Waals surface area contributed by atoms with Crippen molar-refractivity contribution in [3.05, 3.63) is 58.1 Å². The molecule has 0 saturated heterocycles. The molecule has 2 N–H and O–H groups in total. The topological polar surface area (TPSA) is 70.7 Å². The number of halogens is 1. The molecule has 6 nitrogen and oxygen atoms in total. The van der Waals surface area contributed by atoms with E-state index < -0.39 is 0 Å². The van der Waals surface area contributed by atoms with Crippen molar-refractivity contribution in [3.8, 4) is 5.75 Å². The van der Waals surface area contributed by atoms with Gasteiger partial charge in [0, 0.05) is 31.8 Å². The molecule has 2 aromatic rings. The van der Waals surface area contributed by atoms with Gasteiger partial charge in [0.2, 0.25) is 5.91 Å². The maximum atomic E-state index is 12.4. The van der Waals surface area contributed by atoms with Crippen molar-refractivity contribution in [2.24, 2.45) is 0 Å². The van der Waals surface area contributed by atoms with Crippen LogP contribution in [0.2, 0.25) is 0 Å². The lowest BCUT2D eigenvalue weighted by Crippen LogP contribution is -2.34. The van der Waals surface area contributed by atoms with Gasteiger partial charge in [0.1, 0.15) is 5.75 Å². The number of ether oxygens (including phenoxy) is 1. The summed E-state index contributed by atoms with van der Waals surface area (Å²) in [5, 5.41) is 5.84. The number of rotatable bonds is 6. The number of hydrogen-bond donors (Lipinski definition) is 2. The zero-order chi connectivity index (χ0) is 20.7. The summed E-state index contributed by atoms with van der Waals surface area (Å²) in [7, 11) is 5.04. The van der Waals surface area contributed by atoms with Gasteiger partial charge in [0.25, 0.3) is 5.91 Å². The first kappa shape index (κ1) is 21.8. The van der Waals surface area contributed by atoms with E-state index in [-0.39, 0.29) is 16.9 Å². The molecule has 0 radical (unpaired) electrons. The fourth-order valence-electron chi connectivity index (χ4n) is 2.42. The van der Waals surface area contributed by atoms with E-state index in [1.165, 1.54) is 0 Å². The summed E-state index contributed by atoms with van der Waals surface area (Å²) in [4.78, 5) is 25.7. The van der Waals surface area contributed by atoms with Gasteiger partial charge in [-0.25, -0.2) is 0 Å². The number of nitrogens with one attached hydrogen (secondary N) is 2. The number of carbonyl (C=O) groups is 2. The van der Waals surface area contributed by atoms with Crippen LogP contribution in [0.25, 0.3) is 0 Å². The lowest BCUT2D eigenvalue weighted by molar-refractivity contribution is -0.128. The second kappa shape index (κ2) is 10.2. The molecule has 0 aliphatic rings. The van der Waals surface area contributed by atoms with Crippen molar-refractivity contribution >= 4 is 50.8 Å². The highest BCUT2D eigenvalue weighted by Gasteiger charge is 2.11. The number of aryl methyl sites for hydroxylation is 1. The number of nitrogens with zero attached hydrogens (tertiary/aromatic N) is 1. The highest BCUT2D eigenvalue weighted by molar-refractivity contribution is 9.10. The number of carbonyl (C=O) groups excluding carboxylic acids is 2. The molecule has 148 valence electrons. The predicted octanol–water partition coefficient (Wildman–Crippen LogP) is 3.61. The summed E-state index contributed by atoms with van der Waals surface area (Å²) in [6.45, 7) is 0. The average molecular weight is 464 g/mol. The first-order chi connectivity index (χ1) is 13.3. The number of amides is 2. The summed E-state index contributed by atoms with van der Waals surface area (Å²) in [5.41, 5.74) is 2.21. The van der Waals surface area contributed by atoms with Crippen molar-refractivity contribution in [2.45, 2.75) is 12.8 Å². The SMILES string of the molecule is COc1ccc(C(=O)NC(=S)Nc2cccc(CCC(=O)N(C)C)c2)cc1Br. The number of methoxy groups -OCH3 is 1. The Kier molecular flexibility index (Phi) is 7.95. The van der Waals surface area contributed by atoms with Gasteiger partial charge in [-0.2, -0.15) is 0 Å². The molecule has 0 unspecified atom stereocenters. The number of benzene rings is 2. The van der Waals surface area contributed by atoms with Crippen LogP contribution in [-0.4, -0.2) is 43.0 Å². The summed E-state index contributed by atoms with van der Waals surface area (Å²) >= 11 is 8.59. The minimum atomic E-state index is -0.325. The van der Waals surface area contributed by atoms with E-state index in [2.05, 4.69) is 26.6 Å². The highest BCUT2D eigenvalue weighted by Crippen LogP contribution is 2.25. The van der Waals surface area contributed by atoms with E-state index >= 15 is 0 Å². The highest BCUT2D eigenvalue weighted by atomic mass is 79.9. The van der Waals surface area contributed by atoms with Crippen LogP contribution >= 0.6 is 28.1 Å². The molecule has 0 aromatic heterocycles. The lowest BCUT2D eigenvalue weighted by Gasteiger charge is -2.12. The molecule has 0 aliphatic carbocycles. The van der Waals surface area contributed by atoms with Gasteiger partial charge >= 0.3 is 0 Å². The number of hydrogen-bond acceptors (Lipinski definition) is 4. The van der Waals surface area contributed by atoms with Crippen LogP contribution in [0.3, 0.4) is 0 Å². The third kappa shape index (κ3) is 6.31. The van der Waals surface area contributed by atoms with E-state index in [0.717, 1.165) is 11.3 Å². The summed E-state index contributed by atoms with van der Waals surface area (Å²) in [6, 6.07) is 12.6. The standard InChI is InChI=1S/C20H22BrN3O3S/c1-24(2)18(25)10-7-13-5-4-6-15(11-13)22-20(28)23-19(26)14-8-9-17(27-3)16(21)12-14/h4-6,8-9,11-12H,7,10H2,1-3H3,(H2,22,23,26,28). The average Bonchev–Trinajstić information content (AvgIpc) is 2.66. The molecule has 0 saturated carbocycles. The molecular formula is C20H22BrN3O3S. The Bertz CT molecular complexity index is 887. The largest absolute Gasteiger partial charge is 0.496 e. The van der Waals surface area contributed by atoms with Crippen LogP contribution in [0.1, 0.15) is 22.3 Å². The molecule has 2 aromatic carbocycles. The molecule has 0 bridgehead atoms. The van der Waals surface area contributed by atoms with Crippen molar-refractivity contribution in [3.63, 3.8) is 0 Å². The van der Waals surface area contributed by atoms with Crippen LogP contribution in [-0.2, 0) is 11.2 Å². The van der Waals surface area contributed by atoms with E-state index in [1.54, 1.807) is 44.3 Å². The Morgan fingerprint density at radius 3 is 2.57 bits per heavy atom. The Morgan fingerprint density at radius 2 is 1.93 bits per heavy atom. The van der Waals surface area contributed by atoms with Gasteiger partial charge in [-0.15, -0.1) is 0 Å². The smallest absolute Gasteiger partial charge is 0.257 e. The molecule has 2 amide bonds. The maximum absolute atomic E-state index is 12.4. The predicted molar refractivity (Wildman–Crippen MR) is 118 cm³/mol. The van der Waals surface area contributed by atoms with Crippen LogP contribution in [0, 0.1) is 0 Å². The molecule has 8 heteroatoms. The molecule has 0 fully saturated rings. The van der Waals surface area contributed by atoms with E-state index in [0.29, 0.717) is 28.6 Å². The van der Waals surface area contributed by atoms with Crippen molar-refractivity contribution in [1.82, 2.24) is 10.2 Å². The van der Waals surface area contributed by atoms with Crippen molar-refractivity contribution in [2.75, 3.05) is 26.5 Å². The fraction of sp³-hybridized carbons (Fsp3) is 0.250. The Hall–Kier alpha value is -2.45. The summed E-state index contributed by atoms with van der Waals surface area (Å²) in [6.07, 6.45) is 1.06.